The topological polar surface area (TPSA) is 75.7 Å². The van der Waals surface area contributed by atoms with Crippen LogP contribution in [0.25, 0.3) is 0 Å². The first-order valence-electron chi connectivity index (χ1n) is 4.34. The minimum absolute atomic E-state index is 0.00602. The molecule has 0 bridgehead atoms. The molecule has 0 rings (SSSR count). The van der Waals surface area contributed by atoms with Crippen molar-refractivity contribution >= 4 is 11.8 Å². The van der Waals surface area contributed by atoms with Crippen molar-refractivity contribution in [2.24, 2.45) is 5.73 Å². The summed E-state index contributed by atoms with van der Waals surface area (Å²) in [5.41, 5.74) is 5.75. The monoisotopic (exact) mass is 209 g/mol. The molecule has 0 aliphatic carbocycles. The van der Waals surface area contributed by atoms with Gasteiger partial charge in [-0.15, -0.1) is 0 Å². The summed E-state index contributed by atoms with van der Waals surface area (Å²) in [6.45, 7) is 0.697. The molecule has 2 unspecified atom stereocenters. The predicted octanol–water partition coefficient (Wildman–Crippen LogP) is -0.563. The Labute approximate surface area is 83.5 Å². The van der Waals surface area contributed by atoms with Crippen LogP contribution in [0.3, 0.4) is 0 Å². The molecule has 5 heteroatoms. The van der Waals surface area contributed by atoms with Crippen molar-refractivity contribution in [1.82, 2.24) is 0 Å². The van der Waals surface area contributed by atoms with Crippen molar-refractivity contribution in [2.75, 3.05) is 32.7 Å². The molecule has 0 amide bonds. The number of methoxy groups -OCH3 is 1. The predicted molar refractivity (Wildman–Crippen MR) is 54.9 cm³/mol. The fourth-order valence-electron chi connectivity index (χ4n) is 0.911. The van der Waals surface area contributed by atoms with Crippen LogP contribution in [0.5, 0.6) is 0 Å². The second-order valence-electron chi connectivity index (χ2n) is 2.79. The minimum atomic E-state index is -0.140. The Kier molecular flexibility index (Phi) is 8.90. The minimum Gasteiger partial charge on any atom is -0.396 e. The average molecular weight is 209 g/mol. The van der Waals surface area contributed by atoms with Gasteiger partial charge in [-0.3, -0.25) is 0 Å². The summed E-state index contributed by atoms with van der Waals surface area (Å²) < 4.78 is 4.89. The van der Waals surface area contributed by atoms with Crippen molar-refractivity contribution < 1.29 is 14.9 Å². The molecule has 0 aromatic heterocycles. The maximum absolute atomic E-state index is 9.00. The van der Waals surface area contributed by atoms with Crippen molar-refractivity contribution in [1.29, 1.82) is 0 Å². The molecule has 0 saturated heterocycles. The van der Waals surface area contributed by atoms with Gasteiger partial charge in [0.15, 0.2) is 0 Å². The van der Waals surface area contributed by atoms with Gasteiger partial charge in [0.05, 0.1) is 13.2 Å². The highest BCUT2D eigenvalue weighted by atomic mass is 32.2. The Hall–Kier alpha value is 0.190. The van der Waals surface area contributed by atoms with Crippen molar-refractivity contribution in [3.63, 3.8) is 0 Å². The van der Waals surface area contributed by atoms with Gasteiger partial charge in [0.25, 0.3) is 0 Å². The van der Waals surface area contributed by atoms with Crippen LogP contribution in [0.1, 0.15) is 6.42 Å². The molecular formula is C8H19NO3S. The fraction of sp³-hybridized carbons (Fsp3) is 1.00. The molecule has 2 atom stereocenters. The van der Waals surface area contributed by atoms with Crippen LogP contribution in [0.4, 0.5) is 0 Å². The second kappa shape index (κ2) is 8.77. The van der Waals surface area contributed by atoms with E-state index in [1.54, 1.807) is 18.9 Å². The molecule has 0 spiro atoms. The zero-order valence-corrected chi connectivity index (χ0v) is 8.80. The summed E-state index contributed by atoms with van der Waals surface area (Å²) >= 11 is 1.58. The van der Waals surface area contributed by atoms with Gasteiger partial charge in [-0.2, -0.15) is 11.8 Å². The normalized spacial score (nSPS) is 15.7. The van der Waals surface area contributed by atoms with Crippen LogP contribution < -0.4 is 5.73 Å². The zero-order chi connectivity index (χ0) is 10.1. The first-order valence-corrected chi connectivity index (χ1v) is 5.39. The van der Waals surface area contributed by atoms with Crippen LogP contribution in [0, 0.1) is 0 Å². The van der Waals surface area contributed by atoms with E-state index >= 15 is 0 Å². The number of aliphatic hydroxyl groups excluding tert-OH is 2. The average Bonchev–Trinajstić information content (AvgIpc) is 2.13. The van der Waals surface area contributed by atoms with Crippen molar-refractivity contribution in [2.45, 2.75) is 17.7 Å². The van der Waals surface area contributed by atoms with Gasteiger partial charge in [0.2, 0.25) is 0 Å². The van der Waals surface area contributed by atoms with Gasteiger partial charge in [-0.05, 0) is 12.2 Å². The van der Waals surface area contributed by atoms with E-state index in [0.717, 1.165) is 12.2 Å². The third kappa shape index (κ3) is 6.29. The molecule has 0 aromatic rings. The molecule has 13 heavy (non-hydrogen) atoms. The molecule has 0 radical (unpaired) electrons. The quantitative estimate of drug-likeness (QED) is 0.467. The summed E-state index contributed by atoms with van der Waals surface area (Å²) in [6.07, 6.45) is 0.737. The first-order chi connectivity index (χ1) is 6.26. The van der Waals surface area contributed by atoms with E-state index in [1.165, 1.54) is 0 Å². The number of nitrogens with two attached hydrogens (primary N) is 1. The fourth-order valence-corrected chi connectivity index (χ4v) is 1.94. The van der Waals surface area contributed by atoms with E-state index in [0.29, 0.717) is 6.61 Å². The van der Waals surface area contributed by atoms with E-state index in [2.05, 4.69) is 0 Å². The maximum atomic E-state index is 9.00. The lowest BCUT2D eigenvalue weighted by molar-refractivity contribution is 0.167. The van der Waals surface area contributed by atoms with Gasteiger partial charge >= 0.3 is 0 Å². The van der Waals surface area contributed by atoms with Gasteiger partial charge in [-0.25, -0.2) is 0 Å². The van der Waals surface area contributed by atoms with Crippen LogP contribution in [0.15, 0.2) is 0 Å². The summed E-state index contributed by atoms with van der Waals surface area (Å²) in [4.78, 5) is 0. The van der Waals surface area contributed by atoms with Crippen molar-refractivity contribution in [3.05, 3.63) is 0 Å². The Bertz CT molecular complexity index is 116. The van der Waals surface area contributed by atoms with Gasteiger partial charge in [0, 0.05) is 25.0 Å². The van der Waals surface area contributed by atoms with Crippen molar-refractivity contribution in [3.8, 4) is 0 Å². The molecule has 0 aliphatic rings. The van der Waals surface area contributed by atoms with E-state index < -0.39 is 0 Å². The highest BCUT2D eigenvalue weighted by Crippen LogP contribution is 2.14. The standard InChI is InChI=1S/C8H19NO3S/c1-12-6-7(9)8(5-11)13-4-2-3-10/h7-8,10-11H,2-6,9H2,1H3. The van der Waals surface area contributed by atoms with Gasteiger partial charge in [0.1, 0.15) is 0 Å². The van der Waals surface area contributed by atoms with Gasteiger partial charge in [-0.1, -0.05) is 0 Å². The molecule has 4 nitrogen and oxygen atoms in total. The van der Waals surface area contributed by atoms with Crippen LogP contribution >= 0.6 is 11.8 Å². The lowest BCUT2D eigenvalue weighted by atomic mass is 10.2. The number of rotatable bonds is 8. The largest absolute Gasteiger partial charge is 0.396 e. The number of hydrogen-bond acceptors (Lipinski definition) is 5. The van der Waals surface area contributed by atoms with Crippen LogP contribution in [0.2, 0.25) is 0 Å². The highest BCUT2D eigenvalue weighted by Gasteiger charge is 2.16. The Balaban J connectivity index is 3.60. The third-order valence-electron chi connectivity index (χ3n) is 1.65. The molecular weight excluding hydrogens is 190 g/mol. The van der Waals surface area contributed by atoms with E-state index in [-0.39, 0.29) is 24.5 Å². The molecule has 0 heterocycles. The van der Waals surface area contributed by atoms with Crippen LogP contribution in [-0.4, -0.2) is 54.2 Å². The Morgan fingerprint density at radius 1 is 1.46 bits per heavy atom. The Morgan fingerprint density at radius 2 is 2.15 bits per heavy atom. The van der Waals surface area contributed by atoms with E-state index in [9.17, 15) is 0 Å². The molecule has 0 aliphatic heterocycles. The number of thioether (sulfide) groups is 1. The van der Waals surface area contributed by atoms with Gasteiger partial charge < -0.3 is 20.7 Å². The van der Waals surface area contributed by atoms with E-state index in [4.69, 9.17) is 20.7 Å². The second-order valence-corrected chi connectivity index (χ2v) is 4.14. The summed E-state index contributed by atoms with van der Waals surface area (Å²) in [7, 11) is 1.59. The van der Waals surface area contributed by atoms with Crippen LogP contribution in [-0.2, 0) is 4.74 Å². The number of ether oxygens (including phenoxy) is 1. The smallest absolute Gasteiger partial charge is 0.0625 e. The lowest BCUT2D eigenvalue weighted by Crippen LogP contribution is -2.39. The lowest BCUT2D eigenvalue weighted by Gasteiger charge is -2.20. The Morgan fingerprint density at radius 3 is 2.62 bits per heavy atom. The molecule has 4 N–H and O–H groups in total. The molecule has 0 aromatic carbocycles. The molecule has 0 saturated carbocycles. The number of aliphatic hydroxyl groups is 2. The first kappa shape index (κ1) is 13.2. The SMILES string of the molecule is COCC(N)C(CO)SCCCO. The molecule has 0 fully saturated rings. The summed E-state index contributed by atoms with van der Waals surface area (Å²) in [5, 5.41) is 17.6. The maximum Gasteiger partial charge on any atom is 0.0625 e. The molecule has 80 valence electrons. The zero-order valence-electron chi connectivity index (χ0n) is 7.98. The highest BCUT2D eigenvalue weighted by molar-refractivity contribution is 7.99. The van der Waals surface area contributed by atoms with E-state index in [1.807, 2.05) is 0 Å². The third-order valence-corrected chi connectivity index (χ3v) is 3.10. The number of hydrogen-bond donors (Lipinski definition) is 3. The summed E-state index contributed by atoms with van der Waals surface area (Å²) in [6, 6.07) is -0.140. The summed E-state index contributed by atoms with van der Waals surface area (Å²) in [5.74, 6) is 0.819.